The molecule has 2 rings (SSSR count). The zero-order chi connectivity index (χ0) is 10.8. The molecule has 15 heavy (non-hydrogen) atoms. The summed E-state index contributed by atoms with van der Waals surface area (Å²) in [5, 5.41) is 2.11. The minimum absolute atomic E-state index is 0.133. The molecule has 0 bridgehead atoms. The average Bonchev–Trinajstić information content (AvgIpc) is 2.99. The Morgan fingerprint density at radius 1 is 1.60 bits per heavy atom. The van der Waals surface area contributed by atoms with E-state index in [2.05, 4.69) is 23.8 Å². The van der Waals surface area contributed by atoms with Gasteiger partial charge in [0.2, 0.25) is 0 Å². The van der Waals surface area contributed by atoms with Crippen molar-refractivity contribution in [3.8, 4) is 0 Å². The van der Waals surface area contributed by atoms with Crippen LogP contribution in [0.15, 0.2) is 11.4 Å². The molecule has 2 atom stereocenters. The summed E-state index contributed by atoms with van der Waals surface area (Å²) in [4.78, 5) is 1.32. The first-order valence-corrected chi connectivity index (χ1v) is 6.18. The van der Waals surface area contributed by atoms with E-state index in [4.69, 9.17) is 10.6 Å². The molecule has 0 amide bonds. The predicted octanol–water partition coefficient (Wildman–Crippen LogP) is 1.99. The Bertz CT molecular complexity index is 322. The summed E-state index contributed by atoms with van der Waals surface area (Å²) in [5.74, 6) is 6.33. The first-order valence-electron chi connectivity index (χ1n) is 5.30. The van der Waals surface area contributed by atoms with E-state index in [9.17, 15) is 0 Å². The Morgan fingerprint density at radius 3 is 2.73 bits per heavy atom. The van der Waals surface area contributed by atoms with Gasteiger partial charge in [0.1, 0.15) is 0 Å². The molecule has 1 aliphatic carbocycles. The lowest BCUT2D eigenvalue weighted by Crippen LogP contribution is -2.38. The minimum Gasteiger partial charge on any atom is -0.379 e. The highest BCUT2D eigenvalue weighted by Crippen LogP contribution is 2.40. The third-order valence-corrected chi connectivity index (χ3v) is 3.96. The summed E-state index contributed by atoms with van der Waals surface area (Å²) < 4.78 is 5.57. The molecule has 1 aromatic rings. The number of ether oxygens (including phenoxy) is 1. The molecule has 1 aliphatic rings. The lowest BCUT2D eigenvalue weighted by Gasteiger charge is -2.25. The monoisotopic (exact) mass is 226 g/mol. The molecular weight excluding hydrogens is 208 g/mol. The van der Waals surface area contributed by atoms with Crippen molar-refractivity contribution >= 4 is 11.3 Å². The maximum atomic E-state index is 5.65. The van der Waals surface area contributed by atoms with E-state index in [1.807, 2.05) is 0 Å². The molecule has 1 heterocycles. The predicted molar refractivity (Wildman–Crippen MR) is 62.6 cm³/mol. The first kappa shape index (κ1) is 11.1. The highest BCUT2D eigenvalue weighted by Gasteiger charge is 2.37. The third kappa shape index (κ3) is 2.23. The number of nitrogens with one attached hydrogen (secondary N) is 1. The van der Waals surface area contributed by atoms with Gasteiger partial charge in [-0.3, -0.25) is 11.3 Å². The van der Waals surface area contributed by atoms with Crippen LogP contribution in [-0.2, 0) is 4.74 Å². The molecule has 3 nitrogen and oxygen atoms in total. The summed E-state index contributed by atoms with van der Waals surface area (Å²) in [6, 6.07) is 2.27. The molecule has 0 saturated heterocycles. The summed E-state index contributed by atoms with van der Waals surface area (Å²) in [5.41, 5.74) is 4.18. The largest absolute Gasteiger partial charge is 0.379 e. The average molecular weight is 226 g/mol. The topological polar surface area (TPSA) is 47.3 Å². The van der Waals surface area contributed by atoms with Gasteiger partial charge >= 0.3 is 0 Å². The Hall–Kier alpha value is -0.420. The van der Waals surface area contributed by atoms with Crippen LogP contribution >= 0.6 is 11.3 Å². The Balaban J connectivity index is 2.18. The normalized spacial score (nSPS) is 20.2. The van der Waals surface area contributed by atoms with Crippen molar-refractivity contribution in [1.82, 2.24) is 5.43 Å². The van der Waals surface area contributed by atoms with E-state index in [0.717, 1.165) is 0 Å². The third-order valence-electron chi connectivity index (χ3n) is 3.10. The first-order chi connectivity index (χ1) is 7.27. The van der Waals surface area contributed by atoms with Crippen molar-refractivity contribution < 1.29 is 4.74 Å². The van der Waals surface area contributed by atoms with Gasteiger partial charge in [-0.05, 0) is 42.7 Å². The van der Waals surface area contributed by atoms with Crippen LogP contribution in [0.1, 0.15) is 29.3 Å². The van der Waals surface area contributed by atoms with Gasteiger partial charge in [0, 0.05) is 12.0 Å². The fourth-order valence-corrected chi connectivity index (χ4v) is 2.85. The van der Waals surface area contributed by atoms with E-state index in [-0.39, 0.29) is 12.1 Å². The highest BCUT2D eigenvalue weighted by molar-refractivity contribution is 7.10. The number of thiophene rings is 1. The van der Waals surface area contributed by atoms with Crippen LogP contribution in [0.4, 0.5) is 0 Å². The second-order valence-corrected chi connectivity index (χ2v) is 5.23. The molecule has 4 heteroatoms. The lowest BCUT2D eigenvalue weighted by molar-refractivity contribution is 0.0506. The molecule has 1 saturated carbocycles. The Morgan fingerprint density at radius 2 is 2.33 bits per heavy atom. The summed E-state index contributed by atoms with van der Waals surface area (Å²) >= 11 is 1.76. The molecule has 0 spiro atoms. The van der Waals surface area contributed by atoms with Crippen LogP contribution in [0.3, 0.4) is 0 Å². The maximum absolute atomic E-state index is 5.65. The summed E-state index contributed by atoms with van der Waals surface area (Å²) in [7, 11) is 1.77. The van der Waals surface area contributed by atoms with Crippen molar-refractivity contribution in [3.05, 3.63) is 21.9 Å². The van der Waals surface area contributed by atoms with Crippen LogP contribution < -0.4 is 11.3 Å². The molecule has 0 radical (unpaired) electrons. The zero-order valence-electron chi connectivity index (χ0n) is 9.19. The second-order valence-electron chi connectivity index (χ2n) is 4.11. The fourth-order valence-electron chi connectivity index (χ4n) is 2.10. The number of hydrogen-bond acceptors (Lipinski definition) is 4. The molecule has 1 aromatic heterocycles. The van der Waals surface area contributed by atoms with Crippen LogP contribution in [-0.4, -0.2) is 13.2 Å². The van der Waals surface area contributed by atoms with Crippen molar-refractivity contribution in [2.45, 2.75) is 31.9 Å². The molecule has 2 unspecified atom stereocenters. The Labute approximate surface area is 94.6 Å². The highest BCUT2D eigenvalue weighted by atomic mass is 32.1. The van der Waals surface area contributed by atoms with E-state index in [0.29, 0.717) is 5.92 Å². The number of hydrazine groups is 1. The Kier molecular flexibility index (Phi) is 3.41. The van der Waals surface area contributed by atoms with Gasteiger partial charge in [-0.25, -0.2) is 0 Å². The van der Waals surface area contributed by atoms with Gasteiger partial charge < -0.3 is 4.74 Å². The van der Waals surface area contributed by atoms with Crippen LogP contribution in [0, 0.1) is 12.8 Å². The van der Waals surface area contributed by atoms with Gasteiger partial charge in [0.25, 0.3) is 0 Å². The van der Waals surface area contributed by atoms with Crippen molar-refractivity contribution in [2.75, 3.05) is 7.11 Å². The number of methoxy groups -OCH3 is 1. The molecule has 0 aliphatic heterocycles. The molecular formula is C11H18N2OS. The van der Waals surface area contributed by atoms with Gasteiger partial charge in [-0.1, -0.05) is 0 Å². The number of hydrogen-bond donors (Lipinski definition) is 2. The summed E-state index contributed by atoms with van der Waals surface area (Å²) in [6.45, 7) is 2.13. The molecule has 1 fully saturated rings. The maximum Gasteiger partial charge on any atom is 0.0807 e. The van der Waals surface area contributed by atoms with Crippen LogP contribution in [0.25, 0.3) is 0 Å². The quantitative estimate of drug-likeness (QED) is 0.596. The fraction of sp³-hybridized carbons (Fsp3) is 0.636. The van der Waals surface area contributed by atoms with Gasteiger partial charge in [0.15, 0.2) is 0 Å². The van der Waals surface area contributed by atoms with E-state index < -0.39 is 0 Å². The molecule has 84 valence electrons. The molecule has 0 aromatic carbocycles. The van der Waals surface area contributed by atoms with Gasteiger partial charge in [-0.15, -0.1) is 11.3 Å². The van der Waals surface area contributed by atoms with Crippen molar-refractivity contribution in [3.63, 3.8) is 0 Å². The zero-order valence-corrected chi connectivity index (χ0v) is 10.0. The number of rotatable bonds is 5. The smallest absolute Gasteiger partial charge is 0.0807 e. The van der Waals surface area contributed by atoms with Crippen LogP contribution in [0.5, 0.6) is 0 Å². The SMILES string of the molecule is COC(C1CC1)C(NN)c1ccsc1C. The minimum atomic E-state index is 0.133. The summed E-state index contributed by atoms with van der Waals surface area (Å²) in [6.07, 6.45) is 2.74. The number of aryl methyl sites for hydroxylation is 1. The van der Waals surface area contributed by atoms with Crippen molar-refractivity contribution in [2.24, 2.45) is 11.8 Å². The van der Waals surface area contributed by atoms with E-state index in [1.165, 1.54) is 23.3 Å². The number of nitrogens with two attached hydrogens (primary N) is 1. The molecule has 3 N–H and O–H groups in total. The standard InChI is InChI=1S/C11H18N2OS/c1-7-9(5-6-15-7)10(13-12)11(14-2)8-3-4-8/h5-6,8,10-11,13H,3-4,12H2,1-2H3. The van der Waals surface area contributed by atoms with Crippen LogP contribution in [0.2, 0.25) is 0 Å². The van der Waals surface area contributed by atoms with Gasteiger partial charge in [-0.2, -0.15) is 0 Å². The van der Waals surface area contributed by atoms with Crippen molar-refractivity contribution in [1.29, 1.82) is 0 Å². The lowest BCUT2D eigenvalue weighted by atomic mass is 9.99. The van der Waals surface area contributed by atoms with Gasteiger partial charge in [0.05, 0.1) is 12.1 Å². The van der Waals surface area contributed by atoms with E-state index >= 15 is 0 Å². The second kappa shape index (κ2) is 4.61. The van der Waals surface area contributed by atoms with E-state index in [1.54, 1.807) is 18.4 Å².